The first kappa shape index (κ1) is 19.0. The summed E-state index contributed by atoms with van der Waals surface area (Å²) < 4.78 is 0. The fourth-order valence-corrected chi connectivity index (χ4v) is 2.82. The molecule has 0 amide bonds. The Morgan fingerprint density at radius 3 is 1.74 bits per heavy atom. The lowest BCUT2D eigenvalue weighted by molar-refractivity contribution is -0.121. The average molecular weight is 289 g/mol. The highest BCUT2D eigenvalue weighted by Crippen LogP contribution is 2.17. The van der Waals surface area contributed by atoms with Gasteiger partial charge in [-0.1, -0.05) is 71.1 Å². The third-order valence-corrected chi connectivity index (χ3v) is 4.16. The van der Waals surface area contributed by atoms with Crippen molar-refractivity contribution >= 4 is 17.4 Å². The van der Waals surface area contributed by atoms with Crippen molar-refractivity contribution in [2.24, 2.45) is 5.92 Å². The van der Waals surface area contributed by atoms with Crippen LogP contribution in [0.25, 0.3) is 0 Å². The highest BCUT2D eigenvalue weighted by molar-refractivity contribution is 6.18. The Kier molecular flexibility index (Phi) is 14.3. The van der Waals surface area contributed by atoms with Crippen LogP contribution in [0.15, 0.2) is 0 Å². The third-order valence-electron chi connectivity index (χ3n) is 3.94. The number of Topliss-reactive ketones (excluding diaryl/α,β-unsaturated/α-hetero) is 1. The summed E-state index contributed by atoms with van der Waals surface area (Å²) in [6, 6.07) is 0. The number of carbonyl (C=O) groups is 1. The molecule has 0 aromatic heterocycles. The van der Waals surface area contributed by atoms with Crippen molar-refractivity contribution in [2.75, 3.05) is 5.88 Å². The Hall–Kier alpha value is -0.0400. The molecule has 2 heteroatoms. The first-order valence-corrected chi connectivity index (χ1v) is 8.82. The first-order chi connectivity index (χ1) is 9.22. The van der Waals surface area contributed by atoms with Gasteiger partial charge in [-0.25, -0.2) is 0 Å². The summed E-state index contributed by atoms with van der Waals surface area (Å²) >= 11 is 5.72. The van der Waals surface area contributed by atoms with E-state index in [9.17, 15) is 4.79 Å². The molecule has 1 atom stereocenters. The van der Waals surface area contributed by atoms with Gasteiger partial charge in [0.25, 0.3) is 0 Å². The molecule has 114 valence electrons. The second-order valence-electron chi connectivity index (χ2n) is 5.76. The Labute approximate surface area is 125 Å². The molecule has 0 rings (SSSR count). The van der Waals surface area contributed by atoms with Crippen LogP contribution in [0.1, 0.15) is 90.9 Å². The predicted molar refractivity (Wildman–Crippen MR) is 86.0 cm³/mol. The van der Waals surface area contributed by atoms with Gasteiger partial charge in [0.1, 0.15) is 5.78 Å². The van der Waals surface area contributed by atoms with Gasteiger partial charge in [-0.05, 0) is 19.8 Å². The minimum Gasteiger partial charge on any atom is -0.300 e. The molecule has 0 radical (unpaired) electrons. The zero-order valence-corrected chi connectivity index (χ0v) is 13.8. The van der Waals surface area contributed by atoms with Crippen molar-refractivity contribution in [3.05, 3.63) is 0 Å². The molecular weight excluding hydrogens is 256 g/mol. The summed E-state index contributed by atoms with van der Waals surface area (Å²) in [4.78, 5) is 11.4. The van der Waals surface area contributed by atoms with E-state index in [-0.39, 0.29) is 5.92 Å². The lowest BCUT2D eigenvalue weighted by Gasteiger charge is -2.11. The summed E-state index contributed by atoms with van der Waals surface area (Å²) in [7, 11) is 0. The summed E-state index contributed by atoms with van der Waals surface area (Å²) in [5.74, 6) is 1.14. The van der Waals surface area contributed by atoms with E-state index in [1.807, 2.05) is 0 Å². The maximum atomic E-state index is 11.4. The van der Waals surface area contributed by atoms with E-state index >= 15 is 0 Å². The number of carbonyl (C=O) groups excluding carboxylic acids is 1. The predicted octanol–water partition coefficient (Wildman–Crippen LogP) is 6.13. The number of hydrogen-bond donors (Lipinski definition) is 0. The molecule has 0 aromatic rings. The zero-order chi connectivity index (χ0) is 14.3. The molecule has 0 saturated heterocycles. The number of hydrogen-bond acceptors (Lipinski definition) is 1. The topological polar surface area (TPSA) is 17.1 Å². The van der Waals surface area contributed by atoms with E-state index in [1.54, 1.807) is 6.92 Å². The minimum atomic E-state index is 0.214. The summed E-state index contributed by atoms with van der Waals surface area (Å²) in [6.07, 6.45) is 15.4. The maximum absolute atomic E-state index is 11.4. The molecule has 1 nitrogen and oxygen atoms in total. The first-order valence-electron chi connectivity index (χ1n) is 8.28. The SMILES string of the molecule is CCCCCCCCCCCCC(CCCl)C(C)=O. The zero-order valence-electron chi connectivity index (χ0n) is 13.1. The van der Waals surface area contributed by atoms with E-state index in [1.165, 1.54) is 64.2 Å². The third kappa shape index (κ3) is 12.7. The van der Waals surface area contributed by atoms with Gasteiger partial charge in [-0.2, -0.15) is 0 Å². The highest BCUT2D eigenvalue weighted by atomic mass is 35.5. The molecule has 0 N–H and O–H groups in total. The molecule has 0 aliphatic heterocycles. The van der Waals surface area contributed by atoms with Crippen molar-refractivity contribution in [1.29, 1.82) is 0 Å². The van der Waals surface area contributed by atoms with Gasteiger partial charge >= 0.3 is 0 Å². The molecule has 1 unspecified atom stereocenters. The Morgan fingerprint density at radius 2 is 1.32 bits per heavy atom. The molecule has 0 bridgehead atoms. The molecule has 0 spiro atoms. The van der Waals surface area contributed by atoms with Crippen molar-refractivity contribution < 1.29 is 4.79 Å². The molecule has 19 heavy (non-hydrogen) atoms. The van der Waals surface area contributed by atoms with Crippen molar-refractivity contribution in [3.8, 4) is 0 Å². The molecular formula is C17H33ClO. The number of unbranched alkanes of at least 4 members (excludes halogenated alkanes) is 9. The lowest BCUT2D eigenvalue weighted by Crippen LogP contribution is -2.11. The van der Waals surface area contributed by atoms with Gasteiger partial charge in [0.2, 0.25) is 0 Å². The highest BCUT2D eigenvalue weighted by Gasteiger charge is 2.12. The van der Waals surface area contributed by atoms with E-state index in [4.69, 9.17) is 11.6 Å². The summed E-state index contributed by atoms with van der Waals surface area (Å²) in [6.45, 7) is 3.96. The van der Waals surface area contributed by atoms with E-state index in [0.717, 1.165) is 12.8 Å². The number of halogens is 1. The van der Waals surface area contributed by atoms with Crippen LogP contribution in [-0.4, -0.2) is 11.7 Å². The molecule has 0 fully saturated rings. The van der Waals surface area contributed by atoms with Crippen LogP contribution in [0, 0.1) is 5.92 Å². The van der Waals surface area contributed by atoms with Gasteiger partial charge in [-0.15, -0.1) is 11.6 Å². The van der Waals surface area contributed by atoms with Crippen LogP contribution in [0.5, 0.6) is 0 Å². The summed E-state index contributed by atoms with van der Waals surface area (Å²) in [5, 5.41) is 0. The number of rotatable bonds is 14. The Bertz CT molecular complexity index is 203. The van der Waals surface area contributed by atoms with Crippen LogP contribution in [0.3, 0.4) is 0 Å². The molecule has 0 aromatic carbocycles. The van der Waals surface area contributed by atoms with Crippen molar-refractivity contribution in [3.63, 3.8) is 0 Å². The van der Waals surface area contributed by atoms with Crippen LogP contribution >= 0.6 is 11.6 Å². The Morgan fingerprint density at radius 1 is 0.842 bits per heavy atom. The fraction of sp³-hybridized carbons (Fsp3) is 0.941. The van der Waals surface area contributed by atoms with Gasteiger partial charge in [0.05, 0.1) is 0 Å². The van der Waals surface area contributed by atoms with Crippen LogP contribution in [-0.2, 0) is 4.79 Å². The van der Waals surface area contributed by atoms with Gasteiger partial charge in [-0.3, -0.25) is 4.79 Å². The molecule has 0 saturated carbocycles. The smallest absolute Gasteiger partial charge is 0.132 e. The largest absolute Gasteiger partial charge is 0.300 e. The normalized spacial score (nSPS) is 12.6. The van der Waals surface area contributed by atoms with Gasteiger partial charge in [0, 0.05) is 11.8 Å². The van der Waals surface area contributed by atoms with E-state index < -0.39 is 0 Å². The summed E-state index contributed by atoms with van der Waals surface area (Å²) in [5.41, 5.74) is 0. The monoisotopic (exact) mass is 288 g/mol. The molecule has 0 aliphatic carbocycles. The average Bonchev–Trinajstić information content (AvgIpc) is 2.39. The minimum absolute atomic E-state index is 0.214. The standard InChI is InChI=1S/C17H33ClO/c1-3-4-5-6-7-8-9-10-11-12-13-17(14-15-18)16(2)19/h17H,3-15H2,1-2H3. The van der Waals surface area contributed by atoms with Crippen LogP contribution < -0.4 is 0 Å². The fourth-order valence-electron chi connectivity index (χ4n) is 2.56. The van der Waals surface area contributed by atoms with Crippen LogP contribution in [0.2, 0.25) is 0 Å². The maximum Gasteiger partial charge on any atom is 0.132 e. The lowest BCUT2D eigenvalue weighted by atomic mass is 9.94. The molecule has 0 aliphatic rings. The second kappa shape index (κ2) is 14.4. The van der Waals surface area contributed by atoms with Crippen molar-refractivity contribution in [2.45, 2.75) is 90.9 Å². The Balaban J connectivity index is 3.27. The molecule has 0 heterocycles. The van der Waals surface area contributed by atoms with Crippen molar-refractivity contribution in [1.82, 2.24) is 0 Å². The second-order valence-corrected chi connectivity index (χ2v) is 6.13. The quantitative estimate of drug-likeness (QED) is 0.277. The number of ketones is 1. The van der Waals surface area contributed by atoms with Gasteiger partial charge < -0.3 is 0 Å². The van der Waals surface area contributed by atoms with Crippen LogP contribution in [0.4, 0.5) is 0 Å². The van der Waals surface area contributed by atoms with E-state index in [0.29, 0.717) is 11.7 Å². The number of alkyl halides is 1. The van der Waals surface area contributed by atoms with Gasteiger partial charge in [0.15, 0.2) is 0 Å². The van der Waals surface area contributed by atoms with E-state index in [2.05, 4.69) is 6.92 Å².